The van der Waals surface area contributed by atoms with Crippen molar-refractivity contribution in [2.75, 3.05) is 18.0 Å². The molecule has 0 spiro atoms. The zero-order chi connectivity index (χ0) is 21.8. The molecule has 0 saturated carbocycles. The molecule has 4 rings (SSSR count). The van der Waals surface area contributed by atoms with Gasteiger partial charge in [0, 0.05) is 30.1 Å². The molecule has 3 amide bonds. The fourth-order valence-electron chi connectivity index (χ4n) is 3.75. The number of furan rings is 1. The van der Waals surface area contributed by atoms with Crippen LogP contribution in [0.2, 0.25) is 0 Å². The number of hydrogen-bond donors (Lipinski definition) is 2. The lowest BCUT2D eigenvalue weighted by Gasteiger charge is -2.27. The lowest BCUT2D eigenvalue weighted by Crippen LogP contribution is -2.39. The van der Waals surface area contributed by atoms with Crippen LogP contribution in [-0.2, 0) is 9.59 Å². The van der Waals surface area contributed by atoms with E-state index in [9.17, 15) is 14.4 Å². The van der Waals surface area contributed by atoms with E-state index in [0.717, 1.165) is 16.1 Å². The van der Waals surface area contributed by atoms with E-state index in [1.165, 1.54) is 17.6 Å². The molecular formula is C23H23N3O4S. The Morgan fingerprint density at radius 3 is 2.55 bits per heavy atom. The van der Waals surface area contributed by atoms with Crippen LogP contribution in [0.25, 0.3) is 0 Å². The minimum absolute atomic E-state index is 0.0754. The minimum Gasteiger partial charge on any atom is -0.459 e. The van der Waals surface area contributed by atoms with Gasteiger partial charge in [0.15, 0.2) is 5.76 Å². The molecule has 1 saturated heterocycles. The molecule has 1 aliphatic heterocycles. The summed E-state index contributed by atoms with van der Waals surface area (Å²) in [5.74, 6) is -0.896. The fraction of sp³-hybridized carbons (Fsp3) is 0.261. The van der Waals surface area contributed by atoms with E-state index in [2.05, 4.69) is 10.6 Å². The zero-order valence-electron chi connectivity index (χ0n) is 17.0. The third-order valence-electron chi connectivity index (χ3n) is 5.26. The van der Waals surface area contributed by atoms with Crippen molar-refractivity contribution >= 4 is 34.7 Å². The highest BCUT2D eigenvalue weighted by Crippen LogP contribution is 2.43. The van der Waals surface area contributed by atoms with E-state index in [0.29, 0.717) is 0 Å². The minimum atomic E-state index is -0.506. The van der Waals surface area contributed by atoms with E-state index in [1.54, 1.807) is 17.0 Å². The van der Waals surface area contributed by atoms with E-state index >= 15 is 0 Å². The van der Waals surface area contributed by atoms with Crippen molar-refractivity contribution in [3.8, 4) is 0 Å². The third kappa shape index (κ3) is 4.54. The summed E-state index contributed by atoms with van der Waals surface area (Å²) >= 11 is 1.53. The first kappa shape index (κ1) is 20.9. The number of benzene rings is 1. The number of rotatable bonds is 7. The van der Waals surface area contributed by atoms with Gasteiger partial charge >= 0.3 is 0 Å². The molecule has 8 heteroatoms. The third-order valence-corrected chi connectivity index (χ3v) is 6.20. The summed E-state index contributed by atoms with van der Waals surface area (Å²) in [6.45, 7) is 2.52. The van der Waals surface area contributed by atoms with Crippen molar-refractivity contribution in [3.63, 3.8) is 0 Å². The average molecular weight is 438 g/mol. The smallest absolute Gasteiger partial charge is 0.287 e. The predicted octanol–water partition coefficient (Wildman–Crippen LogP) is 3.29. The van der Waals surface area contributed by atoms with Gasteiger partial charge in [0.25, 0.3) is 5.91 Å². The van der Waals surface area contributed by atoms with Crippen LogP contribution in [0.4, 0.5) is 5.69 Å². The van der Waals surface area contributed by atoms with E-state index in [-0.39, 0.29) is 49.0 Å². The van der Waals surface area contributed by atoms with Gasteiger partial charge in [0.2, 0.25) is 11.8 Å². The number of carbonyl (C=O) groups is 3. The molecular weight excluding hydrogens is 414 g/mol. The van der Waals surface area contributed by atoms with Crippen molar-refractivity contribution in [1.82, 2.24) is 10.6 Å². The lowest BCUT2D eigenvalue weighted by molar-refractivity contribution is -0.126. The maximum absolute atomic E-state index is 13.0. The number of nitrogens with one attached hydrogen (secondary N) is 2. The van der Waals surface area contributed by atoms with Gasteiger partial charge in [-0.1, -0.05) is 23.8 Å². The summed E-state index contributed by atoms with van der Waals surface area (Å²) in [5, 5.41) is 7.51. The van der Waals surface area contributed by atoms with Crippen LogP contribution < -0.4 is 15.5 Å². The number of anilines is 1. The van der Waals surface area contributed by atoms with Gasteiger partial charge in [0.05, 0.1) is 18.2 Å². The van der Waals surface area contributed by atoms with Gasteiger partial charge in [-0.2, -0.15) is 0 Å². The van der Waals surface area contributed by atoms with E-state index in [4.69, 9.17) is 4.42 Å². The van der Waals surface area contributed by atoms with Crippen molar-refractivity contribution in [2.45, 2.75) is 19.4 Å². The topological polar surface area (TPSA) is 91.7 Å². The molecule has 2 aromatic heterocycles. The van der Waals surface area contributed by atoms with Crippen LogP contribution >= 0.6 is 11.3 Å². The summed E-state index contributed by atoms with van der Waals surface area (Å²) in [5.41, 5.74) is 1.89. The Labute approximate surface area is 184 Å². The van der Waals surface area contributed by atoms with Crippen LogP contribution in [-0.4, -0.2) is 30.8 Å². The Morgan fingerprint density at radius 2 is 1.87 bits per heavy atom. The average Bonchev–Trinajstić information content (AvgIpc) is 3.52. The quantitative estimate of drug-likeness (QED) is 0.555. The number of hydrogen-bond acceptors (Lipinski definition) is 5. The highest BCUT2D eigenvalue weighted by atomic mass is 32.1. The predicted molar refractivity (Wildman–Crippen MR) is 118 cm³/mol. The first-order chi connectivity index (χ1) is 15.0. The molecule has 3 heterocycles. The second-order valence-corrected chi connectivity index (χ2v) is 8.37. The van der Waals surface area contributed by atoms with E-state index < -0.39 is 5.92 Å². The molecule has 0 aliphatic carbocycles. The van der Waals surface area contributed by atoms with Gasteiger partial charge < -0.3 is 20.0 Å². The van der Waals surface area contributed by atoms with Gasteiger partial charge in [-0.15, -0.1) is 11.3 Å². The fourth-order valence-corrected chi connectivity index (χ4v) is 4.63. The molecule has 2 N–H and O–H groups in total. The van der Waals surface area contributed by atoms with Crippen LogP contribution in [0.3, 0.4) is 0 Å². The Balaban J connectivity index is 1.43. The molecule has 1 aliphatic rings. The highest BCUT2D eigenvalue weighted by Gasteiger charge is 2.45. The first-order valence-corrected chi connectivity index (χ1v) is 10.9. The summed E-state index contributed by atoms with van der Waals surface area (Å²) in [6, 6.07) is 14.5. The summed E-state index contributed by atoms with van der Waals surface area (Å²) in [6.07, 6.45) is 1.57. The van der Waals surface area contributed by atoms with Gasteiger partial charge in [-0.25, -0.2) is 0 Å². The standard InChI is InChI=1S/C23H23N3O4S/c1-15-6-8-16(9-7-15)26-20(27)14-17(21(26)19-5-3-13-31-19)22(28)24-10-11-25-23(29)18-4-2-12-30-18/h2-9,12-13,17,21H,10-11,14H2,1H3,(H,24,28)(H,25,29)/t17-,21-/m0/s1. The second kappa shape index (κ2) is 9.18. The van der Waals surface area contributed by atoms with Crippen molar-refractivity contribution < 1.29 is 18.8 Å². The number of carbonyl (C=O) groups excluding carboxylic acids is 3. The first-order valence-electron chi connectivity index (χ1n) is 10.1. The lowest BCUT2D eigenvalue weighted by atomic mass is 9.97. The SMILES string of the molecule is Cc1ccc(N2C(=O)C[C@H](C(=O)NCCNC(=O)c3ccco3)[C@H]2c2cccs2)cc1. The maximum Gasteiger partial charge on any atom is 0.287 e. The van der Waals surface area contributed by atoms with E-state index in [1.807, 2.05) is 48.7 Å². The summed E-state index contributed by atoms with van der Waals surface area (Å²) in [4.78, 5) is 40.5. The van der Waals surface area contributed by atoms with Crippen molar-refractivity contribution in [3.05, 3.63) is 76.4 Å². The zero-order valence-corrected chi connectivity index (χ0v) is 17.9. The summed E-state index contributed by atoms with van der Waals surface area (Å²) < 4.78 is 5.04. The van der Waals surface area contributed by atoms with Crippen LogP contribution in [0.1, 0.15) is 33.5 Å². The Morgan fingerprint density at radius 1 is 1.10 bits per heavy atom. The van der Waals surface area contributed by atoms with Crippen LogP contribution in [0.15, 0.2) is 64.6 Å². The molecule has 0 unspecified atom stereocenters. The molecule has 2 atom stereocenters. The van der Waals surface area contributed by atoms with Gasteiger partial charge in [-0.05, 0) is 42.6 Å². The maximum atomic E-state index is 13.0. The van der Waals surface area contributed by atoms with Crippen molar-refractivity contribution in [1.29, 1.82) is 0 Å². The molecule has 1 fully saturated rings. The molecule has 1 aromatic carbocycles. The number of thiophene rings is 1. The second-order valence-electron chi connectivity index (χ2n) is 7.39. The highest BCUT2D eigenvalue weighted by molar-refractivity contribution is 7.10. The number of amides is 3. The molecule has 31 heavy (non-hydrogen) atoms. The number of nitrogens with zero attached hydrogens (tertiary/aromatic N) is 1. The van der Waals surface area contributed by atoms with Gasteiger partial charge in [0.1, 0.15) is 0 Å². The molecule has 7 nitrogen and oxygen atoms in total. The molecule has 0 bridgehead atoms. The van der Waals surface area contributed by atoms with Crippen LogP contribution in [0, 0.1) is 12.8 Å². The summed E-state index contributed by atoms with van der Waals surface area (Å²) in [7, 11) is 0. The van der Waals surface area contributed by atoms with Crippen molar-refractivity contribution in [2.24, 2.45) is 5.92 Å². The molecule has 0 radical (unpaired) electrons. The monoisotopic (exact) mass is 437 g/mol. The Kier molecular flexibility index (Phi) is 6.18. The largest absolute Gasteiger partial charge is 0.459 e. The van der Waals surface area contributed by atoms with Crippen LogP contribution in [0.5, 0.6) is 0 Å². The molecule has 160 valence electrons. The normalized spacial score (nSPS) is 18.2. The number of aryl methyl sites for hydroxylation is 1. The van der Waals surface area contributed by atoms with Gasteiger partial charge in [-0.3, -0.25) is 14.4 Å². The molecule has 3 aromatic rings. The Bertz CT molecular complexity index is 1050. The Hall–Kier alpha value is -3.39.